The molecule has 0 spiro atoms. The zero-order valence-electron chi connectivity index (χ0n) is 16.8. The van der Waals surface area contributed by atoms with E-state index < -0.39 is 5.82 Å². The topological polar surface area (TPSA) is 80.9 Å². The minimum absolute atomic E-state index is 0.164. The Morgan fingerprint density at radius 1 is 1.29 bits per heavy atom. The van der Waals surface area contributed by atoms with Crippen molar-refractivity contribution in [3.8, 4) is 11.4 Å². The molecular weight excluding hydrogens is 441 g/mol. The van der Waals surface area contributed by atoms with Crippen LogP contribution in [-0.2, 0) is 13.1 Å². The molecule has 1 aromatic carbocycles. The number of nitrogens with zero attached hydrogens (tertiary/aromatic N) is 6. The number of hydrogen-bond donors (Lipinski definition) is 1. The number of benzene rings is 1. The molecule has 0 aliphatic heterocycles. The highest BCUT2D eigenvalue weighted by molar-refractivity contribution is 7.17. The molecule has 160 valence electrons. The van der Waals surface area contributed by atoms with Crippen molar-refractivity contribution in [3.05, 3.63) is 75.5 Å². The van der Waals surface area contributed by atoms with Crippen molar-refractivity contribution in [1.82, 2.24) is 34.8 Å². The van der Waals surface area contributed by atoms with Gasteiger partial charge < -0.3 is 14.8 Å². The quantitative estimate of drug-likeness (QED) is 0.458. The molecule has 0 saturated carbocycles. The van der Waals surface area contributed by atoms with Gasteiger partial charge in [-0.2, -0.15) is 0 Å². The molecule has 1 amide bonds. The Kier molecular flexibility index (Phi) is 6.12. The molecule has 0 aliphatic rings. The van der Waals surface area contributed by atoms with Gasteiger partial charge in [0.05, 0.1) is 28.5 Å². The second-order valence-electron chi connectivity index (χ2n) is 7.03. The van der Waals surface area contributed by atoms with Gasteiger partial charge in [0, 0.05) is 24.1 Å². The van der Waals surface area contributed by atoms with Gasteiger partial charge >= 0.3 is 0 Å². The van der Waals surface area contributed by atoms with Crippen molar-refractivity contribution in [2.75, 3.05) is 14.1 Å². The van der Waals surface area contributed by atoms with Crippen LogP contribution in [0.15, 0.2) is 48.9 Å². The number of imidazole rings is 1. The van der Waals surface area contributed by atoms with Crippen LogP contribution in [0.5, 0.6) is 0 Å². The summed E-state index contributed by atoms with van der Waals surface area (Å²) in [6, 6.07) is 8.18. The van der Waals surface area contributed by atoms with E-state index in [1.165, 1.54) is 22.1 Å². The Hall–Kier alpha value is -3.08. The van der Waals surface area contributed by atoms with Gasteiger partial charge in [-0.3, -0.25) is 4.79 Å². The first-order valence-corrected chi connectivity index (χ1v) is 10.5. The zero-order valence-corrected chi connectivity index (χ0v) is 18.4. The fourth-order valence-electron chi connectivity index (χ4n) is 2.99. The summed E-state index contributed by atoms with van der Waals surface area (Å²) in [6.07, 6.45) is 5.06. The summed E-state index contributed by atoms with van der Waals surface area (Å²) < 4.78 is 18.6. The third kappa shape index (κ3) is 4.82. The van der Waals surface area contributed by atoms with Crippen LogP contribution in [0.4, 0.5) is 4.39 Å². The molecule has 31 heavy (non-hydrogen) atoms. The summed E-state index contributed by atoms with van der Waals surface area (Å²) in [7, 11) is 3.89. The maximum atomic E-state index is 14.9. The number of aromatic nitrogens is 5. The Morgan fingerprint density at radius 2 is 2.13 bits per heavy atom. The van der Waals surface area contributed by atoms with E-state index in [1.807, 2.05) is 23.6 Å². The van der Waals surface area contributed by atoms with Gasteiger partial charge in [-0.25, -0.2) is 14.1 Å². The molecule has 4 rings (SSSR count). The second-order valence-corrected chi connectivity index (χ2v) is 8.74. The first-order chi connectivity index (χ1) is 14.9. The van der Waals surface area contributed by atoms with Gasteiger partial charge in [0.15, 0.2) is 5.82 Å². The molecule has 1 N–H and O–H groups in total. The van der Waals surface area contributed by atoms with E-state index in [9.17, 15) is 9.18 Å². The smallest absolute Gasteiger partial charge is 0.261 e. The summed E-state index contributed by atoms with van der Waals surface area (Å²) in [5.74, 6) is 0.106. The van der Waals surface area contributed by atoms with Gasteiger partial charge in [-0.15, -0.1) is 16.4 Å². The number of hydrogen-bond acceptors (Lipinski definition) is 6. The molecule has 0 aliphatic carbocycles. The minimum atomic E-state index is -0.448. The second kappa shape index (κ2) is 8.96. The minimum Gasteiger partial charge on any atom is -0.346 e. The van der Waals surface area contributed by atoms with Crippen molar-refractivity contribution in [3.63, 3.8) is 0 Å². The highest BCUT2D eigenvalue weighted by Crippen LogP contribution is 2.21. The lowest BCUT2D eigenvalue weighted by Gasteiger charge is -2.13. The lowest BCUT2D eigenvalue weighted by molar-refractivity contribution is 0.0954. The van der Waals surface area contributed by atoms with E-state index in [4.69, 9.17) is 11.6 Å². The Bertz CT molecular complexity index is 1220. The monoisotopic (exact) mass is 459 g/mol. The van der Waals surface area contributed by atoms with Crippen molar-refractivity contribution < 1.29 is 9.18 Å². The zero-order chi connectivity index (χ0) is 22.0. The predicted molar refractivity (Wildman–Crippen MR) is 116 cm³/mol. The Labute approximate surface area is 186 Å². The number of carbonyl (C=O) groups excluding carboxylic acids is 1. The number of thiophene rings is 1. The summed E-state index contributed by atoms with van der Waals surface area (Å²) in [5, 5.41) is 10.7. The molecule has 0 bridgehead atoms. The van der Waals surface area contributed by atoms with Crippen LogP contribution in [0.3, 0.4) is 0 Å². The lowest BCUT2D eigenvalue weighted by atomic mass is 10.2. The average molecular weight is 460 g/mol. The molecule has 0 radical (unpaired) electrons. The third-order valence-electron chi connectivity index (χ3n) is 4.40. The molecular formula is C20H19ClFN7OS. The SMILES string of the molecule is CN(C)Cc1nccn1-c1ccc(-n2cc(CNC(=O)c3ccc(Cl)s3)nn2)c(F)c1. The van der Waals surface area contributed by atoms with E-state index in [0.717, 1.165) is 5.82 Å². The van der Waals surface area contributed by atoms with E-state index in [1.54, 1.807) is 42.9 Å². The van der Waals surface area contributed by atoms with Crippen LogP contribution in [0, 0.1) is 5.82 Å². The highest BCUT2D eigenvalue weighted by atomic mass is 35.5. The normalized spacial score (nSPS) is 11.3. The summed E-state index contributed by atoms with van der Waals surface area (Å²) in [5.41, 5.74) is 1.42. The fraction of sp³-hybridized carbons (Fsp3) is 0.200. The largest absolute Gasteiger partial charge is 0.346 e. The van der Waals surface area contributed by atoms with Gasteiger partial charge in [0.25, 0.3) is 5.91 Å². The van der Waals surface area contributed by atoms with E-state index in [0.29, 0.717) is 27.1 Å². The Morgan fingerprint density at radius 3 is 2.84 bits per heavy atom. The summed E-state index contributed by atoms with van der Waals surface area (Å²) in [4.78, 5) is 19.0. The van der Waals surface area contributed by atoms with Crippen LogP contribution in [-0.4, -0.2) is 49.4 Å². The van der Waals surface area contributed by atoms with E-state index in [-0.39, 0.29) is 18.1 Å². The van der Waals surface area contributed by atoms with Crippen LogP contribution >= 0.6 is 22.9 Å². The average Bonchev–Trinajstić information content (AvgIpc) is 3.47. The van der Waals surface area contributed by atoms with Gasteiger partial charge in [-0.05, 0) is 38.4 Å². The maximum absolute atomic E-state index is 14.9. The van der Waals surface area contributed by atoms with Gasteiger partial charge in [0.1, 0.15) is 17.2 Å². The predicted octanol–water partition coefficient (Wildman–Crippen LogP) is 3.30. The van der Waals surface area contributed by atoms with E-state index >= 15 is 0 Å². The molecule has 0 saturated heterocycles. The van der Waals surface area contributed by atoms with Gasteiger partial charge in [-0.1, -0.05) is 16.8 Å². The molecule has 8 nitrogen and oxygen atoms in total. The van der Waals surface area contributed by atoms with Gasteiger partial charge in [0.2, 0.25) is 0 Å². The van der Waals surface area contributed by atoms with Crippen molar-refractivity contribution in [2.24, 2.45) is 0 Å². The number of carbonyl (C=O) groups is 1. The molecule has 0 fully saturated rings. The van der Waals surface area contributed by atoms with E-state index in [2.05, 4.69) is 20.6 Å². The number of amides is 1. The molecule has 0 atom stereocenters. The lowest BCUT2D eigenvalue weighted by Crippen LogP contribution is -2.21. The van der Waals surface area contributed by atoms with Crippen LogP contribution in [0.2, 0.25) is 4.34 Å². The first kappa shape index (κ1) is 21.2. The molecule has 3 heterocycles. The molecule has 3 aromatic heterocycles. The molecule has 11 heteroatoms. The fourth-order valence-corrected chi connectivity index (χ4v) is 3.95. The number of halogens is 2. The first-order valence-electron chi connectivity index (χ1n) is 9.33. The van der Waals surface area contributed by atoms with Crippen LogP contribution in [0.25, 0.3) is 11.4 Å². The number of rotatable bonds is 7. The molecule has 4 aromatic rings. The molecule has 0 unspecified atom stereocenters. The van der Waals surface area contributed by atoms with Crippen LogP contribution in [0.1, 0.15) is 21.2 Å². The number of nitrogens with one attached hydrogen (secondary N) is 1. The van der Waals surface area contributed by atoms with Crippen molar-refractivity contribution in [2.45, 2.75) is 13.1 Å². The highest BCUT2D eigenvalue weighted by Gasteiger charge is 2.13. The third-order valence-corrected chi connectivity index (χ3v) is 5.63. The maximum Gasteiger partial charge on any atom is 0.261 e. The standard InChI is InChI=1S/C20H19ClFN7OS/c1-27(2)12-19-23-7-8-28(19)14-3-4-16(15(22)9-14)29-11-13(25-26-29)10-24-20(30)17-5-6-18(21)31-17/h3-9,11H,10,12H2,1-2H3,(H,24,30). The van der Waals surface area contributed by atoms with Crippen LogP contribution < -0.4 is 5.32 Å². The summed E-state index contributed by atoms with van der Waals surface area (Å²) in [6.45, 7) is 0.795. The summed E-state index contributed by atoms with van der Waals surface area (Å²) >= 11 is 7.04. The van der Waals surface area contributed by atoms with Crippen molar-refractivity contribution >= 4 is 28.8 Å². The van der Waals surface area contributed by atoms with Crippen molar-refractivity contribution in [1.29, 1.82) is 0 Å². The Balaban J connectivity index is 1.48.